The van der Waals surface area contributed by atoms with Gasteiger partial charge in [0.15, 0.2) is 0 Å². The molecule has 0 radical (unpaired) electrons. The Morgan fingerprint density at radius 2 is 1.95 bits per heavy atom. The Morgan fingerprint density at radius 1 is 1.21 bits per heavy atom. The number of benzene rings is 1. The summed E-state index contributed by atoms with van der Waals surface area (Å²) in [6.45, 7) is 6.05. The third-order valence-corrected chi connectivity index (χ3v) is 2.99. The van der Waals surface area contributed by atoms with Crippen molar-refractivity contribution in [2.24, 2.45) is 0 Å². The zero-order valence-corrected chi connectivity index (χ0v) is 11.2. The minimum atomic E-state index is -0.364. The summed E-state index contributed by atoms with van der Waals surface area (Å²) < 4.78 is 5.45. The van der Waals surface area contributed by atoms with E-state index in [0.717, 1.165) is 22.8 Å². The molecule has 1 heterocycles. The molecule has 100 valence electrons. The SMILES string of the molecule is Cc1ccc(CNc2cc([N+](=O)[O-])c(C)cc2C)o1. The molecular formula is C14H16N2O3. The van der Waals surface area contributed by atoms with Crippen LogP contribution in [0.15, 0.2) is 28.7 Å². The van der Waals surface area contributed by atoms with E-state index >= 15 is 0 Å². The van der Waals surface area contributed by atoms with E-state index in [1.807, 2.05) is 32.0 Å². The summed E-state index contributed by atoms with van der Waals surface area (Å²) in [4.78, 5) is 10.6. The lowest BCUT2D eigenvalue weighted by Crippen LogP contribution is -2.02. The second-order valence-electron chi connectivity index (χ2n) is 4.58. The highest BCUT2D eigenvalue weighted by atomic mass is 16.6. The van der Waals surface area contributed by atoms with Crippen LogP contribution >= 0.6 is 0 Å². The van der Waals surface area contributed by atoms with Crippen molar-refractivity contribution in [2.45, 2.75) is 27.3 Å². The minimum absolute atomic E-state index is 0.128. The van der Waals surface area contributed by atoms with Gasteiger partial charge in [-0.3, -0.25) is 10.1 Å². The summed E-state index contributed by atoms with van der Waals surface area (Å²) >= 11 is 0. The molecule has 5 heteroatoms. The van der Waals surface area contributed by atoms with Crippen molar-refractivity contribution in [3.05, 3.63) is 57.0 Å². The average Bonchev–Trinajstić information content (AvgIpc) is 2.73. The van der Waals surface area contributed by atoms with Crippen LogP contribution in [-0.4, -0.2) is 4.92 Å². The maximum absolute atomic E-state index is 10.9. The van der Waals surface area contributed by atoms with Gasteiger partial charge in [-0.2, -0.15) is 0 Å². The highest BCUT2D eigenvalue weighted by molar-refractivity contribution is 5.60. The van der Waals surface area contributed by atoms with Gasteiger partial charge in [-0.1, -0.05) is 0 Å². The van der Waals surface area contributed by atoms with Crippen LogP contribution in [0, 0.1) is 30.9 Å². The van der Waals surface area contributed by atoms with Gasteiger partial charge in [0, 0.05) is 17.3 Å². The van der Waals surface area contributed by atoms with Gasteiger partial charge in [0.2, 0.25) is 0 Å². The second-order valence-corrected chi connectivity index (χ2v) is 4.58. The smallest absolute Gasteiger partial charge is 0.274 e. The van der Waals surface area contributed by atoms with E-state index in [4.69, 9.17) is 4.42 Å². The molecule has 2 rings (SSSR count). The Bertz CT molecular complexity index is 617. The van der Waals surface area contributed by atoms with Gasteiger partial charge in [-0.05, 0) is 44.5 Å². The average molecular weight is 260 g/mol. The minimum Gasteiger partial charge on any atom is -0.465 e. The summed E-state index contributed by atoms with van der Waals surface area (Å²) in [6, 6.07) is 7.16. The molecule has 0 aliphatic carbocycles. The quantitative estimate of drug-likeness (QED) is 0.671. The molecule has 0 aliphatic rings. The van der Waals surface area contributed by atoms with Gasteiger partial charge >= 0.3 is 0 Å². The summed E-state index contributed by atoms with van der Waals surface area (Å²) in [7, 11) is 0. The summed E-state index contributed by atoms with van der Waals surface area (Å²) in [6.07, 6.45) is 0. The molecule has 1 aromatic carbocycles. The van der Waals surface area contributed by atoms with E-state index in [-0.39, 0.29) is 10.6 Å². The Balaban J connectivity index is 2.20. The van der Waals surface area contributed by atoms with E-state index in [9.17, 15) is 10.1 Å². The lowest BCUT2D eigenvalue weighted by molar-refractivity contribution is -0.385. The Hall–Kier alpha value is -2.30. The number of furan rings is 1. The fourth-order valence-corrected chi connectivity index (χ4v) is 1.99. The summed E-state index contributed by atoms with van der Waals surface area (Å²) in [5.41, 5.74) is 2.53. The number of aryl methyl sites for hydroxylation is 3. The lowest BCUT2D eigenvalue weighted by Gasteiger charge is -2.09. The van der Waals surface area contributed by atoms with E-state index in [2.05, 4.69) is 5.32 Å². The zero-order chi connectivity index (χ0) is 14.0. The summed E-state index contributed by atoms with van der Waals surface area (Å²) in [5, 5.41) is 14.1. The third-order valence-electron chi connectivity index (χ3n) is 2.99. The number of nitrogens with one attached hydrogen (secondary N) is 1. The van der Waals surface area contributed by atoms with Crippen LogP contribution in [0.5, 0.6) is 0 Å². The second kappa shape index (κ2) is 5.14. The normalized spacial score (nSPS) is 10.5. The monoisotopic (exact) mass is 260 g/mol. The van der Waals surface area contributed by atoms with Gasteiger partial charge < -0.3 is 9.73 Å². The van der Waals surface area contributed by atoms with Crippen molar-refractivity contribution < 1.29 is 9.34 Å². The van der Waals surface area contributed by atoms with Gasteiger partial charge in [-0.25, -0.2) is 0 Å². The first kappa shape index (κ1) is 13.1. The standard InChI is InChI=1S/C14H16N2O3/c1-9-6-10(2)14(16(17)18)7-13(9)15-8-12-5-4-11(3)19-12/h4-7,15H,8H2,1-3H3. The Labute approximate surface area is 111 Å². The topological polar surface area (TPSA) is 68.3 Å². The molecule has 0 spiro atoms. The molecule has 0 atom stereocenters. The molecular weight excluding hydrogens is 244 g/mol. The third kappa shape index (κ3) is 2.93. The fraction of sp³-hybridized carbons (Fsp3) is 0.286. The van der Waals surface area contributed by atoms with E-state index in [0.29, 0.717) is 12.1 Å². The first-order chi connectivity index (χ1) is 8.97. The first-order valence-corrected chi connectivity index (χ1v) is 6.02. The molecule has 5 nitrogen and oxygen atoms in total. The van der Waals surface area contributed by atoms with Crippen LogP contribution in [-0.2, 0) is 6.54 Å². The van der Waals surface area contributed by atoms with Crippen molar-refractivity contribution in [1.29, 1.82) is 0 Å². The van der Waals surface area contributed by atoms with Crippen LogP contribution < -0.4 is 5.32 Å². The predicted molar refractivity (Wildman–Crippen MR) is 73.3 cm³/mol. The number of rotatable bonds is 4. The largest absolute Gasteiger partial charge is 0.465 e. The Morgan fingerprint density at radius 3 is 2.53 bits per heavy atom. The number of hydrogen-bond acceptors (Lipinski definition) is 4. The van der Waals surface area contributed by atoms with Crippen LogP contribution in [0.4, 0.5) is 11.4 Å². The number of anilines is 1. The molecule has 19 heavy (non-hydrogen) atoms. The van der Waals surface area contributed by atoms with Gasteiger partial charge in [-0.15, -0.1) is 0 Å². The van der Waals surface area contributed by atoms with E-state index < -0.39 is 0 Å². The van der Waals surface area contributed by atoms with Crippen molar-refractivity contribution in [2.75, 3.05) is 5.32 Å². The predicted octanol–water partition coefficient (Wildman–Crippen LogP) is 3.73. The van der Waals surface area contributed by atoms with Crippen LogP contribution in [0.25, 0.3) is 0 Å². The molecule has 0 aliphatic heterocycles. The maximum Gasteiger partial charge on any atom is 0.274 e. The highest BCUT2D eigenvalue weighted by Gasteiger charge is 2.13. The van der Waals surface area contributed by atoms with Crippen LogP contribution in [0.3, 0.4) is 0 Å². The number of nitrogens with zero attached hydrogens (tertiary/aromatic N) is 1. The maximum atomic E-state index is 10.9. The molecule has 0 fully saturated rings. The number of nitro benzene ring substituents is 1. The number of nitro groups is 1. The van der Waals surface area contributed by atoms with Gasteiger partial charge in [0.25, 0.3) is 5.69 Å². The molecule has 0 amide bonds. The number of hydrogen-bond donors (Lipinski definition) is 1. The zero-order valence-electron chi connectivity index (χ0n) is 11.2. The molecule has 1 N–H and O–H groups in total. The van der Waals surface area contributed by atoms with Crippen LogP contribution in [0.2, 0.25) is 0 Å². The molecule has 0 unspecified atom stereocenters. The van der Waals surface area contributed by atoms with Crippen molar-refractivity contribution in [3.63, 3.8) is 0 Å². The van der Waals surface area contributed by atoms with Crippen molar-refractivity contribution in [3.8, 4) is 0 Å². The molecule has 0 bridgehead atoms. The van der Waals surface area contributed by atoms with E-state index in [1.54, 1.807) is 13.0 Å². The fourth-order valence-electron chi connectivity index (χ4n) is 1.99. The van der Waals surface area contributed by atoms with E-state index in [1.165, 1.54) is 0 Å². The van der Waals surface area contributed by atoms with Crippen molar-refractivity contribution in [1.82, 2.24) is 0 Å². The van der Waals surface area contributed by atoms with Crippen molar-refractivity contribution >= 4 is 11.4 Å². The van der Waals surface area contributed by atoms with Crippen LogP contribution in [0.1, 0.15) is 22.6 Å². The first-order valence-electron chi connectivity index (χ1n) is 6.02. The lowest BCUT2D eigenvalue weighted by atomic mass is 10.1. The molecule has 2 aromatic rings. The molecule has 0 saturated carbocycles. The van der Waals surface area contributed by atoms with Gasteiger partial charge in [0.05, 0.1) is 11.5 Å². The van der Waals surface area contributed by atoms with Gasteiger partial charge in [0.1, 0.15) is 11.5 Å². The Kier molecular flexibility index (Phi) is 3.55. The molecule has 1 aromatic heterocycles. The highest BCUT2D eigenvalue weighted by Crippen LogP contribution is 2.26. The molecule has 0 saturated heterocycles. The summed E-state index contributed by atoms with van der Waals surface area (Å²) in [5.74, 6) is 1.66.